The summed E-state index contributed by atoms with van der Waals surface area (Å²) in [4.78, 5) is 15.3. The molecule has 0 saturated carbocycles. The summed E-state index contributed by atoms with van der Waals surface area (Å²) in [6.45, 7) is 1.86. The molecular formula is C24H29NO5. The van der Waals surface area contributed by atoms with Crippen molar-refractivity contribution < 1.29 is 24.1 Å². The summed E-state index contributed by atoms with van der Waals surface area (Å²) >= 11 is 0. The van der Waals surface area contributed by atoms with Crippen LogP contribution in [0.25, 0.3) is 6.08 Å². The fourth-order valence-electron chi connectivity index (χ4n) is 3.90. The number of piperidine rings is 1. The van der Waals surface area contributed by atoms with Gasteiger partial charge in [0.2, 0.25) is 0 Å². The minimum atomic E-state index is -0.330. The highest BCUT2D eigenvalue weighted by Gasteiger charge is 2.29. The minimum Gasteiger partial charge on any atom is -0.507 e. The summed E-state index contributed by atoms with van der Waals surface area (Å²) in [5.41, 5.74) is 1.67. The fourth-order valence-corrected chi connectivity index (χ4v) is 3.90. The van der Waals surface area contributed by atoms with Gasteiger partial charge in [-0.1, -0.05) is 18.2 Å². The number of phenolic OH excluding ortho intramolecular Hbond substituents is 1. The maximum absolute atomic E-state index is 13.1. The van der Waals surface area contributed by atoms with Crippen LogP contribution in [0.3, 0.4) is 0 Å². The van der Waals surface area contributed by atoms with Gasteiger partial charge >= 0.3 is 0 Å². The Balaban J connectivity index is 1.99. The number of carbonyl (C=O) groups is 1. The van der Waals surface area contributed by atoms with Crippen molar-refractivity contribution in [3.8, 4) is 23.0 Å². The highest BCUT2D eigenvalue weighted by Crippen LogP contribution is 2.45. The van der Waals surface area contributed by atoms with E-state index >= 15 is 0 Å². The first kappa shape index (κ1) is 21.7. The van der Waals surface area contributed by atoms with Gasteiger partial charge in [0.1, 0.15) is 28.6 Å². The SMILES string of the molecule is COc1cccc(/C=C/C(=O)c2c(OC)cc(OC)c(C3CCN(C)CC3)c2O)c1. The number of rotatable bonds is 7. The Morgan fingerprint density at radius 1 is 1.07 bits per heavy atom. The lowest BCUT2D eigenvalue weighted by molar-refractivity contribution is 0.104. The molecule has 1 saturated heterocycles. The highest BCUT2D eigenvalue weighted by molar-refractivity contribution is 6.11. The largest absolute Gasteiger partial charge is 0.507 e. The quantitative estimate of drug-likeness (QED) is 0.546. The second-order valence-electron chi connectivity index (χ2n) is 7.47. The van der Waals surface area contributed by atoms with Crippen molar-refractivity contribution in [1.29, 1.82) is 0 Å². The average molecular weight is 411 g/mol. The number of methoxy groups -OCH3 is 3. The molecule has 6 heteroatoms. The van der Waals surface area contributed by atoms with Gasteiger partial charge in [-0.15, -0.1) is 0 Å². The van der Waals surface area contributed by atoms with Crippen LogP contribution in [0.2, 0.25) is 0 Å². The zero-order valence-corrected chi connectivity index (χ0v) is 18.0. The molecule has 0 aromatic heterocycles. The molecule has 160 valence electrons. The van der Waals surface area contributed by atoms with Crippen molar-refractivity contribution >= 4 is 11.9 Å². The number of allylic oxidation sites excluding steroid dienone is 1. The Morgan fingerprint density at radius 3 is 2.40 bits per heavy atom. The van der Waals surface area contributed by atoms with Gasteiger partial charge in [0.05, 0.1) is 21.3 Å². The number of ether oxygens (including phenoxy) is 3. The smallest absolute Gasteiger partial charge is 0.193 e. The summed E-state index contributed by atoms with van der Waals surface area (Å²) in [6.07, 6.45) is 4.92. The number of hydrogen-bond donors (Lipinski definition) is 1. The van der Waals surface area contributed by atoms with E-state index in [1.54, 1.807) is 26.4 Å². The standard InChI is InChI=1S/C24H29NO5/c1-25-12-10-17(11-13-25)22-20(29-3)15-21(30-4)23(24(22)27)19(26)9-8-16-6-5-7-18(14-16)28-2/h5-9,14-15,17,27H,10-13H2,1-4H3/b9-8+. The van der Waals surface area contributed by atoms with Gasteiger partial charge in [-0.2, -0.15) is 0 Å². The van der Waals surface area contributed by atoms with Crippen molar-refractivity contribution in [3.63, 3.8) is 0 Å². The molecule has 0 unspecified atom stereocenters. The van der Waals surface area contributed by atoms with E-state index in [0.29, 0.717) is 22.8 Å². The van der Waals surface area contributed by atoms with Gasteiger partial charge in [0.15, 0.2) is 5.78 Å². The van der Waals surface area contributed by atoms with E-state index in [2.05, 4.69) is 11.9 Å². The molecule has 1 N–H and O–H groups in total. The van der Waals surface area contributed by atoms with E-state index in [1.807, 2.05) is 24.3 Å². The lowest BCUT2D eigenvalue weighted by Crippen LogP contribution is -2.29. The Morgan fingerprint density at radius 2 is 1.77 bits per heavy atom. The van der Waals surface area contributed by atoms with E-state index in [1.165, 1.54) is 13.2 Å². The molecule has 0 bridgehead atoms. The zero-order valence-electron chi connectivity index (χ0n) is 18.0. The van der Waals surface area contributed by atoms with Gasteiger partial charge in [-0.05, 0) is 62.7 Å². The van der Waals surface area contributed by atoms with Crippen LogP contribution in [-0.4, -0.2) is 57.3 Å². The van der Waals surface area contributed by atoms with Crippen molar-refractivity contribution in [2.75, 3.05) is 41.5 Å². The molecule has 6 nitrogen and oxygen atoms in total. The topological polar surface area (TPSA) is 68.2 Å². The molecule has 2 aromatic rings. The number of hydrogen-bond acceptors (Lipinski definition) is 6. The van der Waals surface area contributed by atoms with Gasteiger partial charge in [-0.3, -0.25) is 4.79 Å². The summed E-state index contributed by atoms with van der Waals surface area (Å²) in [5, 5.41) is 11.1. The van der Waals surface area contributed by atoms with E-state index in [-0.39, 0.29) is 23.0 Å². The minimum absolute atomic E-state index is 0.0546. The number of ketones is 1. The molecule has 0 radical (unpaired) electrons. The first-order chi connectivity index (χ1) is 14.5. The van der Waals surface area contributed by atoms with Crippen LogP contribution in [0.5, 0.6) is 23.0 Å². The van der Waals surface area contributed by atoms with Crippen LogP contribution in [0, 0.1) is 0 Å². The molecule has 3 rings (SSSR count). The predicted molar refractivity (Wildman–Crippen MR) is 117 cm³/mol. The van der Waals surface area contributed by atoms with Gasteiger partial charge < -0.3 is 24.2 Å². The second-order valence-corrected chi connectivity index (χ2v) is 7.47. The number of carbonyl (C=O) groups excluding carboxylic acids is 1. The van der Waals surface area contributed by atoms with Crippen LogP contribution >= 0.6 is 0 Å². The Labute approximate surface area is 177 Å². The summed E-state index contributed by atoms with van der Waals surface area (Å²) < 4.78 is 16.2. The maximum Gasteiger partial charge on any atom is 0.193 e. The third-order valence-corrected chi connectivity index (χ3v) is 5.60. The molecule has 30 heavy (non-hydrogen) atoms. The maximum atomic E-state index is 13.1. The summed E-state index contributed by atoms with van der Waals surface area (Å²) in [5.74, 6) is 1.29. The third kappa shape index (κ3) is 4.60. The van der Waals surface area contributed by atoms with Gasteiger partial charge in [0, 0.05) is 11.6 Å². The third-order valence-electron chi connectivity index (χ3n) is 5.60. The van der Waals surface area contributed by atoms with Crippen LogP contribution < -0.4 is 14.2 Å². The molecule has 0 aliphatic carbocycles. The monoisotopic (exact) mass is 411 g/mol. The molecule has 1 aliphatic heterocycles. The Kier molecular flexibility index (Phi) is 7.00. The molecule has 0 spiro atoms. The van der Waals surface area contributed by atoms with Crippen molar-refractivity contribution in [2.24, 2.45) is 0 Å². The molecule has 0 amide bonds. The van der Waals surface area contributed by atoms with Crippen LogP contribution in [0.4, 0.5) is 0 Å². The Hall–Kier alpha value is -2.99. The summed E-state index contributed by atoms with van der Waals surface area (Å²) in [6, 6.07) is 9.10. The van der Waals surface area contributed by atoms with Crippen LogP contribution in [-0.2, 0) is 0 Å². The van der Waals surface area contributed by atoms with Crippen molar-refractivity contribution in [1.82, 2.24) is 4.90 Å². The first-order valence-electron chi connectivity index (χ1n) is 10.0. The van der Waals surface area contributed by atoms with E-state index in [0.717, 1.165) is 31.5 Å². The van der Waals surface area contributed by atoms with Crippen LogP contribution in [0.15, 0.2) is 36.4 Å². The number of benzene rings is 2. The number of phenols is 1. The highest BCUT2D eigenvalue weighted by atomic mass is 16.5. The predicted octanol–water partition coefficient (Wildman–Crippen LogP) is 4.12. The van der Waals surface area contributed by atoms with Gasteiger partial charge in [0.25, 0.3) is 0 Å². The normalized spacial score (nSPS) is 15.3. The van der Waals surface area contributed by atoms with Crippen LogP contribution in [0.1, 0.15) is 40.2 Å². The molecule has 1 fully saturated rings. The van der Waals surface area contributed by atoms with Gasteiger partial charge in [-0.25, -0.2) is 0 Å². The number of likely N-dealkylation sites (tertiary alicyclic amines) is 1. The second kappa shape index (κ2) is 9.67. The molecule has 2 aromatic carbocycles. The number of nitrogens with zero attached hydrogens (tertiary/aromatic N) is 1. The first-order valence-corrected chi connectivity index (χ1v) is 10.0. The lowest BCUT2D eigenvalue weighted by atomic mass is 9.86. The average Bonchev–Trinajstić information content (AvgIpc) is 2.77. The van der Waals surface area contributed by atoms with E-state index < -0.39 is 0 Å². The molecule has 1 heterocycles. The summed E-state index contributed by atoms with van der Waals surface area (Å²) in [7, 11) is 6.72. The molecule has 0 atom stereocenters. The molecule has 1 aliphatic rings. The lowest BCUT2D eigenvalue weighted by Gasteiger charge is -2.31. The zero-order chi connectivity index (χ0) is 21.7. The van der Waals surface area contributed by atoms with Crippen molar-refractivity contribution in [3.05, 3.63) is 53.1 Å². The Bertz CT molecular complexity index is 929. The van der Waals surface area contributed by atoms with Crippen molar-refractivity contribution in [2.45, 2.75) is 18.8 Å². The van der Waals surface area contributed by atoms with E-state index in [9.17, 15) is 9.90 Å². The fraction of sp³-hybridized carbons (Fsp3) is 0.375. The molecular weight excluding hydrogens is 382 g/mol. The van der Waals surface area contributed by atoms with E-state index in [4.69, 9.17) is 14.2 Å². The number of aromatic hydroxyl groups is 1.